The SMILES string of the molecule is Cc1ccc(CNc2nc(CN3CCCC3c3nccs3)nc3ccccc23)o1. The number of nitrogens with one attached hydrogen (secondary N) is 1. The van der Waals surface area contributed by atoms with Crippen LogP contribution in [0.25, 0.3) is 10.9 Å². The quantitative estimate of drug-likeness (QED) is 0.490. The number of nitrogens with zero attached hydrogens (tertiary/aromatic N) is 4. The molecule has 3 aromatic heterocycles. The van der Waals surface area contributed by atoms with E-state index < -0.39 is 0 Å². The first-order chi connectivity index (χ1) is 14.3. The van der Waals surface area contributed by atoms with Crippen LogP contribution in [0.15, 0.2) is 52.4 Å². The predicted octanol–water partition coefficient (Wildman–Crippen LogP) is 4.94. The van der Waals surface area contributed by atoms with Crippen LogP contribution in [0.4, 0.5) is 5.82 Å². The zero-order valence-electron chi connectivity index (χ0n) is 16.3. The van der Waals surface area contributed by atoms with Gasteiger partial charge in [-0.3, -0.25) is 4.90 Å². The first-order valence-electron chi connectivity index (χ1n) is 9.94. The maximum Gasteiger partial charge on any atom is 0.145 e. The lowest BCUT2D eigenvalue weighted by Crippen LogP contribution is -2.24. The van der Waals surface area contributed by atoms with Gasteiger partial charge >= 0.3 is 0 Å². The standard InChI is InChI=1S/C22H23N5OS/c1-15-8-9-16(28-15)13-24-21-17-5-2-3-6-18(17)25-20(26-21)14-27-11-4-7-19(27)22-23-10-12-29-22/h2-3,5-6,8-10,12,19H,4,7,11,13-14H2,1H3,(H,24,25,26). The molecule has 1 N–H and O–H groups in total. The third kappa shape index (κ3) is 3.88. The van der Waals surface area contributed by atoms with Crippen LogP contribution in [0.5, 0.6) is 0 Å². The van der Waals surface area contributed by atoms with Crippen LogP contribution >= 0.6 is 11.3 Å². The molecule has 1 atom stereocenters. The van der Waals surface area contributed by atoms with Gasteiger partial charge in [0.05, 0.1) is 24.6 Å². The fraction of sp³-hybridized carbons (Fsp3) is 0.318. The second-order valence-electron chi connectivity index (χ2n) is 7.37. The molecular weight excluding hydrogens is 382 g/mol. The number of benzene rings is 1. The summed E-state index contributed by atoms with van der Waals surface area (Å²) < 4.78 is 5.69. The molecule has 29 heavy (non-hydrogen) atoms. The van der Waals surface area contributed by atoms with Crippen molar-refractivity contribution in [1.82, 2.24) is 19.9 Å². The molecule has 0 bridgehead atoms. The van der Waals surface area contributed by atoms with Crippen molar-refractivity contribution in [2.24, 2.45) is 0 Å². The molecule has 1 aliphatic rings. The highest BCUT2D eigenvalue weighted by molar-refractivity contribution is 7.09. The number of likely N-dealkylation sites (tertiary alicyclic amines) is 1. The lowest BCUT2D eigenvalue weighted by atomic mass is 10.2. The van der Waals surface area contributed by atoms with Crippen molar-refractivity contribution in [3.63, 3.8) is 0 Å². The highest BCUT2D eigenvalue weighted by Crippen LogP contribution is 2.34. The molecule has 4 aromatic rings. The lowest BCUT2D eigenvalue weighted by molar-refractivity contribution is 0.242. The van der Waals surface area contributed by atoms with E-state index in [9.17, 15) is 0 Å². The Morgan fingerprint density at radius 1 is 1.21 bits per heavy atom. The number of hydrogen-bond donors (Lipinski definition) is 1. The van der Waals surface area contributed by atoms with Gasteiger partial charge in [-0.25, -0.2) is 15.0 Å². The van der Waals surface area contributed by atoms with E-state index in [4.69, 9.17) is 14.4 Å². The van der Waals surface area contributed by atoms with Gasteiger partial charge < -0.3 is 9.73 Å². The normalized spacial score (nSPS) is 17.2. The molecule has 5 rings (SSSR count). The Bertz CT molecular complexity index is 1110. The number of aryl methyl sites for hydroxylation is 1. The zero-order valence-corrected chi connectivity index (χ0v) is 17.2. The van der Waals surface area contributed by atoms with Gasteiger partial charge in [-0.1, -0.05) is 12.1 Å². The lowest BCUT2D eigenvalue weighted by Gasteiger charge is -2.22. The van der Waals surface area contributed by atoms with Crippen molar-refractivity contribution in [2.45, 2.75) is 38.9 Å². The monoisotopic (exact) mass is 405 g/mol. The molecule has 4 heterocycles. The van der Waals surface area contributed by atoms with Crippen LogP contribution in [-0.4, -0.2) is 26.4 Å². The number of hydrogen-bond acceptors (Lipinski definition) is 7. The molecule has 0 amide bonds. The van der Waals surface area contributed by atoms with E-state index >= 15 is 0 Å². The van der Waals surface area contributed by atoms with Crippen LogP contribution < -0.4 is 5.32 Å². The highest BCUT2D eigenvalue weighted by Gasteiger charge is 2.28. The predicted molar refractivity (Wildman–Crippen MR) is 115 cm³/mol. The fourth-order valence-electron chi connectivity index (χ4n) is 3.96. The summed E-state index contributed by atoms with van der Waals surface area (Å²) in [6.45, 7) is 4.33. The molecule has 1 saturated heterocycles. The van der Waals surface area contributed by atoms with Gasteiger partial charge in [0.1, 0.15) is 28.2 Å². The Balaban J connectivity index is 1.41. The van der Waals surface area contributed by atoms with Crippen molar-refractivity contribution in [3.8, 4) is 0 Å². The highest BCUT2D eigenvalue weighted by atomic mass is 32.1. The average Bonchev–Trinajstić information content (AvgIpc) is 3.48. The number of thiazole rings is 1. The molecule has 0 saturated carbocycles. The summed E-state index contributed by atoms with van der Waals surface area (Å²) in [7, 11) is 0. The van der Waals surface area contributed by atoms with Gasteiger partial charge in [-0.05, 0) is 50.6 Å². The third-order valence-corrected chi connectivity index (χ3v) is 6.20. The molecule has 7 heteroatoms. The molecule has 0 radical (unpaired) electrons. The number of furan rings is 1. The van der Waals surface area contributed by atoms with Gasteiger partial charge in [0.25, 0.3) is 0 Å². The van der Waals surface area contributed by atoms with E-state index in [-0.39, 0.29) is 0 Å². The maximum absolute atomic E-state index is 5.69. The molecular formula is C22H23N5OS. The van der Waals surface area contributed by atoms with E-state index in [1.807, 2.05) is 43.5 Å². The van der Waals surface area contributed by atoms with Crippen molar-refractivity contribution < 1.29 is 4.42 Å². The molecule has 0 spiro atoms. The van der Waals surface area contributed by atoms with Gasteiger partial charge in [-0.15, -0.1) is 11.3 Å². The Morgan fingerprint density at radius 3 is 2.97 bits per heavy atom. The zero-order chi connectivity index (χ0) is 19.6. The summed E-state index contributed by atoms with van der Waals surface area (Å²) in [5, 5.41) is 7.72. The second-order valence-corrected chi connectivity index (χ2v) is 8.30. The molecule has 148 valence electrons. The van der Waals surface area contributed by atoms with Gasteiger partial charge in [0, 0.05) is 17.0 Å². The Morgan fingerprint density at radius 2 is 2.14 bits per heavy atom. The van der Waals surface area contributed by atoms with Crippen molar-refractivity contribution in [1.29, 1.82) is 0 Å². The molecule has 6 nitrogen and oxygen atoms in total. The number of rotatable bonds is 6. The molecule has 1 unspecified atom stereocenters. The van der Waals surface area contributed by atoms with Crippen LogP contribution in [0.2, 0.25) is 0 Å². The largest absolute Gasteiger partial charge is 0.465 e. The van der Waals surface area contributed by atoms with Crippen LogP contribution in [-0.2, 0) is 13.1 Å². The summed E-state index contributed by atoms with van der Waals surface area (Å²) in [5.74, 6) is 3.50. The second kappa shape index (κ2) is 7.93. The molecule has 1 aliphatic heterocycles. The number of para-hydroxylation sites is 1. The van der Waals surface area contributed by atoms with Crippen LogP contribution in [0.3, 0.4) is 0 Å². The van der Waals surface area contributed by atoms with Gasteiger partial charge in [0.2, 0.25) is 0 Å². The first-order valence-corrected chi connectivity index (χ1v) is 10.8. The minimum absolute atomic E-state index is 0.368. The van der Waals surface area contributed by atoms with Crippen molar-refractivity contribution in [2.75, 3.05) is 11.9 Å². The minimum Gasteiger partial charge on any atom is -0.465 e. The van der Waals surface area contributed by atoms with E-state index in [2.05, 4.69) is 26.6 Å². The number of fused-ring (bicyclic) bond motifs is 1. The first kappa shape index (κ1) is 18.3. The molecule has 1 aromatic carbocycles. The average molecular weight is 406 g/mol. The number of aromatic nitrogens is 3. The van der Waals surface area contributed by atoms with Crippen molar-refractivity contribution >= 4 is 28.1 Å². The summed E-state index contributed by atoms with van der Waals surface area (Å²) in [4.78, 5) is 16.7. The Hall–Kier alpha value is -2.77. The van der Waals surface area contributed by atoms with E-state index in [0.717, 1.165) is 53.6 Å². The summed E-state index contributed by atoms with van der Waals surface area (Å²) in [6.07, 6.45) is 4.21. The van der Waals surface area contributed by atoms with Gasteiger partial charge in [-0.2, -0.15) is 0 Å². The minimum atomic E-state index is 0.368. The van der Waals surface area contributed by atoms with E-state index in [1.54, 1.807) is 11.3 Å². The topological polar surface area (TPSA) is 67.1 Å². The summed E-state index contributed by atoms with van der Waals surface area (Å²) >= 11 is 1.73. The summed E-state index contributed by atoms with van der Waals surface area (Å²) in [5.41, 5.74) is 0.959. The van der Waals surface area contributed by atoms with Crippen LogP contribution in [0, 0.1) is 6.92 Å². The third-order valence-electron chi connectivity index (χ3n) is 5.32. The van der Waals surface area contributed by atoms with Gasteiger partial charge in [0.15, 0.2) is 0 Å². The summed E-state index contributed by atoms with van der Waals surface area (Å²) in [6, 6.07) is 12.5. The van der Waals surface area contributed by atoms with Crippen molar-refractivity contribution in [3.05, 3.63) is 70.3 Å². The number of anilines is 1. The Kier molecular flexibility index (Phi) is 4.99. The fourth-order valence-corrected chi connectivity index (χ4v) is 4.76. The maximum atomic E-state index is 5.69. The molecule has 0 aliphatic carbocycles. The smallest absolute Gasteiger partial charge is 0.145 e. The Labute approximate surface area is 173 Å². The van der Waals surface area contributed by atoms with E-state index in [1.165, 1.54) is 11.4 Å². The molecule has 1 fully saturated rings. The van der Waals surface area contributed by atoms with E-state index in [0.29, 0.717) is 12.6 Å². The van der Waals surface area contributed by atoms with Crippen LogP contribution in [0.1, 0.15) is 41.2 Å².